The molecule has 2 rings (SSSR count). The third-order valence-electron chi connectivity index (χ3n) is 3.36. The topological polar surface area (TPSA) is 116 Å². The largest absolute Gasteiger partial charge is 0.384 e. The zero-order valence-corrected chi connectivity index (χ0v) is 12.7. The fourth-order valence-electron chi connectivity index (χ4n) is 2.33. The molecule has 3 N–H and O–H groups in total. The molecular formula is C17H16N4O2. The maximum atomic E-state index is 12.0. The van der Waals surface area contributed by atoms with E-state index in [1.807, 2.05) is 31.2 Å². The molecule has 1 aromatic heterocycles. The second kappa shape index (κ2) is 7.26. The Bertz CT molecular complexity index is 856. The van der Waals surface area contributed by atoms with Gasteiger partial charge >= 0.3 is 0 Å². The minimum atomic E-state index is -0.608. The van der Waals surface area contributed by atoms with Crippen molar-refractivity contribution in [2.45, 2.75) is 20.0 Å². The molecule has 0 spiro atoms. The van der Waals surface area contributed by atoms with Gasteiger partial charge in [-0.2, -0.15) is 10.5 Å². The number of nitrogens with zero attached hydrogens (tertiary/aromatic N) is 2. The van der Waals surface area contributed by atoms with Crippen LogP contribution in [0, 0.1) is 22.7 Å². The third kappa shape index (κ3) is 3.23. The number of aromatic nitrogens is 1. The summed E-state index contributed by atoms with van der Waals surface area (Å²) in [5, 5.41) is 18.7. The number of nitrogens with one attached hydrogen (secondary N) is 1. The van der Waals surface area contributed by atoms with Crippen LogP contribution in [0.5, 0.6) is 0 Å². The molecule has 0 fully saturated rings. The Labute approximate surface area is 133 Å². The first-order valence-electron chi connectivity index (χ1n) is 7.16. The van der Waals surface area contributed by atoms with Crippen molar-refractivity contribution in [1.29, 1.82) is 10.5 Å². The van der Waals surface area contributed by atoms with E-state index in [2.05, 4.69) is 4.98 Å². The number of H-pyrrole nitrogens is 1. The fraction of sp³-hybridized carbons (Fsp3) is 0.235. The molecule has 0 aliphatic heterocycles. The van der Waals surface area contributed by atoms with Crippen molar-refractivity contribution in [1.82, 2.24) is 4.98 Å². The Kier molecular flexibility index (Phi) is 5.14. The van der Waals surface area contributed by atoms with Crippen LogP contribution in [0.2, 0.25) is 0 Å². The van der Waals surface area contributed by atoms with E-state index >= 15 is 0 Å². The van der Waals surface area contributed by atoms with Crippen molar-refractivity contribution < 1.29 is 4.74 Å². The quantitative estimate of drug-likeness (QED) is 0.822. The van der Waals surface area contributed by atoms with Gasteiger partial charge in [0.2, 0.25) is 0 Å². The first-order chi connectivity index (χ1) is 11.1. The van der Waals surface area contributed by atoms with Crippen molar-refractivity contribution in [3.05, 3.63) is 51.3 Å². The summed E-state index contributed by atoms with van der Waals surface area (Å²) in [6, 6.07) is 11.0. The SMILES string of the molecule is CCCOCc1ccccc1-c1c(C#N)c(N)[nH]c(=O)c1C#N. The number of nitriles is 2. The van der Waals surface area contributed by atoms with Gasteiger partial charge in [0.05, 0.1) is 6.61 Å². The predicted octanol–water partition coefficient (Wildman–Crippen LogP) is 2.29. The van der Waals surface area contributed by atoms with Gasteiger partial charge in [-0.25, -0.2) is 0 Å². The molecule has 0 atom stereocenters. The van der Waals surface area contributed by atoms with E-state index in [0.717, 1.165) is 12.0 Å². The maximum absolute atomic E-state index is 12.0. The Morgan fingerprint density at radius 1 is 1.22 bits per heavy atom. The molecule has 0 unspecified atom stereocenters. The summed E-state index contributed by atoms with van der Waals surface area (Å²) in [4.78, 5) is 14.3. The summed E-state index contributed by atoms with van der Waals surface area (Å²) < 4.78 is 5.56. The van der Waals surface area contributed by atoms with Crippen molar-refractivity contribution in [3.8, 4) is 23.3 Å². The highest BCUT2D eigenvalue weighted by atomic mass is 16.5. The average molecular weight is 308 g/mol. The van der Waals surface area contributed by atoms with Crippen LogP contribution in [-0.4, -0.2) is 11.6 Å². The highest BCUT2D eigenvalue weighted by Crippen LogP contribution is 2.31. The van der Waals surface area contributed by atoms with E-state index in [0.29, 0.717) is 18.8 Å². The summed E-state index contributed by atoms with van der Waals surface area (Å²) in [6.07, 6.45) is 0.882. The van der Waals surface area contributed by atoms with E-state index in [1.165, 1.54) is 0 Å². The summed E-state index contributed by atoms with van der Waals surface area (Å²) in [5.74, 6) is -0.0456. The minimum absolute atomic E-state index is 0.0456. The molecule has 0 saturated carbocycles. The number of aromatic amines is 1. The summed E-state index contributed by atoms with van der Waals surface area (Å²) in [5.41, 5.74) is 6.75. The molecule has 0 aliphatic rings. The number of rotatable bonds is 5. The van der Waals surface area contributed by atoms with E-state index < -0.39 is 5.56 Å². The number of anilines is 1. The van der Waals surface area contributed by atoms with Gasteiger partial charge in [0, 0.05) is 12.2 Å². The van der Waals surface area contributed by atoms with Gasteiger partial charge in [-0.3, -0.25) is 4.79 Å². The van der Waals surface area contributed by atoms with Crippen molar-refractivity contribution >= 4 is 5.82 Å². The average Bonchev–Trinajstić information content (AvgIpc) is 2.55. The molecule has 2 aromatic rings. The smallest absolute Gasteiger partial charge is 0.268 e. The Morgan fingerprint density at radius 3 is 2.57 bits per heavy atom. The number of nitrogen functional groups attached to an aromatic ring is 1. The van der Waals surface area contributed by atoms with Gasteiger partial charge in [0.1, 0.15) is 29.1 Å². The molecule has 0 saturated heterocycles. The predicted molar refractivity (Wildman–Crippen MR) is 86.3 cm³/mol. The highest BCUT2D eigenvalue weighted by molar-refractivity contribution is 5.81. The Hall–Kier alpha value is -3.09. The van der Waals surface area contributed by atoms with Gasteiger partial charge in [-0.15, -0.1) is 0 Å². The van der Waals surface area contributed by atoms with Gasteiger partial charge in [0.15, 0.2) is 0 Å². The molecule has 1 heterocycles. The molecule has 1 aromatic carbocycles. The van der Waals surface area contributed by atoms with E-state index in [1.54, 1.807) is 12.1 Å². The lowest BCUT2D eigenvalue weighted by Gasteiger charge is -2.13. The number of hydrogen-bond donors (Lipinski definition) is 2. The molecule has 0 radical (unpaired) electrons. The zero-order chi connectivity index (χ0) is 16.8. The number of hydrogen-bond acceptors (Lipinski definition) is 5. The standard InChI is InChI=1S/C17H16N4O2/c1-2-7-23-10-11-5-3-4-6-12(11)15-13(8-18)16(20)21-17(22)14(15)9-19/h3-6H,2,7,10H2,1H3,(H3,20,21,22). The zero-order valence-electron chi connectivity index (χ0n) is 12.7. The lowest BCUT2D eigenvalue weighted by Crippen LogP contribution is -2.16. The van der Waals surface area contributed by atoms with Crippen LogP contribution in [0.15, 0.2) is 29.1 Å². The van der Waals surface area contributed by atoms with Crippen molar-refractivity contribution in [3.63, 3.8) is 0 Å². The normalized spacial score (nSPS) is 10.0. The molecule has 0 bridgehead atoms. The second-order valence-corrected chi connectivity index (χ2v) is 4.93. The first kappa shape index (κ1) is 16.3. The van der Waals surface area contributed by atoms with Crippen LogP contribution in [0.25, 0.3) is 11.1 Å². The van der Waals surface area contributed by atoms with Gasteiger partial charge in [-0.1, -0.05) is 31.2 Å². The van der Waals surface area contributed by atoms with Gasteiger partial charge < -0.3 is 15.5 Å². The molecule has 0 aliphatic carbocycles. The first-order valence-corrected chi connectivity index (χ1v) is 7.16. The number of ether oxygens (including phenoxy) is 1. The highest BCUT2D eigenvalue weighted by Gasteiger charge is 2.20. The fourth-order valence-corrected chi connectivity index (χ4v) is 2.33. The van der Waals surface area contributed by atoms with Crippen molar-refractivity contribution in [2.24, 2.45) is 0 Å². The molecule has 0 amide bonds. The summed E-state index contributed by atoms with van der Waals surface area (Å²) in [7, 11) is 0. The van der Waals surface area contributed by atoms with E-state index in [-0.39, 0.29) is 22.5 Å². The van der Waals surface area contributed by atoms with Gasteiger partial charge in [-0.05, 0) is 17.5 Å². The van der Waals surface area contributed by atoms with Crippen LogP contribution >= 0.6 is 0 Å². The van der Waals surface area contributed by atoms with Crippen LogP contribution < -0.4 is 11.3 Å². The molecule has 6 heteroatoms. The lowest BCUT2D eigenvalue weighted by molar-refractivity contribution is 0.122. The van der Waals surface area contributed by atoms with Crippen LogP contribution in [-0.2, 0) is 11.3 Å². The van der Waals surface area contributed by atoms with Crippen LogP contribution in [0.3, 0.4) is 0 Å². The minimum Gasteiger partial charge on any atom is -0.384 e. The third-order valence-corrected chi connectivity index (χ3v) is 3.36. The van der Waals surface area contributed by atoms with Gasteiger partial charge in [0.25, 0.3) is 5.56 Å². The number of nitrogens with two attached hydrogens (primary N) is 1. The molecule has 116 valence electrons. The summed E-state index contributed by atoms with van der Waals surface area (Å²) in [6.45, 7) is 2.93. The number of pyridine rings is 1. The van der Waals surface area contributed by atoms with Crippen molar-refractivity contribution in [2.75, 3.05) is 12.3 Å². The second-order valence-electron chi connectivity index (χ2n) is 4.93. The van der Waals surface area contributed by atoms with E-state index in [9.17, 15) is 15.3 Å². The van der Waals surface area contributed by atoms with Crippen LogP contribution in [0.4, 0.5) is 5.82 Å². The van der Waals surface area contributed by atoms with E-state index in [4.69, 9.17) is 10.5 Å². The Morgan fingerprint density at radius 2 is 1.91 bits per heavy atom. The maximum Gasteiger partial charge on any atom is 0.268 e. The summed E-state index contributed by atoms with van der Waals surface area (Å²) >= 11 is 0. The van der Waals surface area contributed by atoms with Crippen LogP contribution in [0.1, 0.15) is 30.0 Å². The lowest BCUT2D eigenvalue weighted by atomic mass is 9.93. The Balaban J connectivity index is 2.70. The molecule has 6 nitrogen and oxygen atoms in total. The monoisotopic (exact) mass is 308 g/mol. The number of benzene rings is 1. The molecule has 23 heavy (non-hydrogen) atoms. The molecular weight excluding hydrogens is 292 g/mol.